The number of carboxylic acid groups (broad SMARTS) is 1. The molecule has 0 aromatic heterocycles. The molecule has 0 heterocycles. The average Bonchev–Trinajstić information content (AvgIpc) is 2.18. The number of alkyl halides is 1. The van der Waals surface area contributed by atoms with Crippen LogP contribution in [0.4, 0.5) is 0 Å². The third kappa shape index (κ3) is 0.688. The number of carboxylic acids is 1. The zero-order valence-corrected chi connectivity index (χ0v) is 9.54. The molecule has 3 fully saturated rings. The number of esters is 1. The highest BCUT2D eigenvalue weighted by Crippen LogP contribution is 2.82. The molecule has 0 spiro atoms. The molecule has 3 unspecified atom stereocenters. The monoisotopic (exact) mass is 232 g/mol. The highest BCUT2D eigenvalue weighted by atomic mass is 35.5. The van der Waals surface area contributed by atoms with Crippen LogP contribution in [-0.4, -0.2) is 29.5 Å². The van der Waals surface area contributed by atoms with Gasteiger partial charge in [-0.3, -0.25) is 9.59 Å². The zero-order chi connectivity index (χ0) is 11.6. The third-order valence-corrected chi connectivity index (χ3v) is 5.34. The van der Waals surface area contributed by atoms with Gasteiger partial charge in [-0.1, -0.05) is 13.8 Å². The maximum Gasteiger partial charge on any atom is 0.313 e. The summed E-state index contributed by atoms with van der Waals surface area (Å²) < 4.78 is 4.71. The number of aliphatic carboxylic acids is 1. The molecule has 4 nitrogen and oxygen atoms in total. The molecule has 0 amide bonds. The third-order valence-electron chi connectivity index (χ3n) is 4.61. The summed E-state index contributed by atoms with van der Waals surface area (Å²) in [6.45, 7) is 3.51. The van der Waals surface area contributed by atoms with Crippen molar-refractivity contribution in [1.29, 1.82) is 0 Å². The topological polar surface area (TPSA) is 63.6 Å². The SMILES string of the molecule is COC(=O)C12C(C)C(C(=O)O)(C1C)C2Cl. The second-order valence-electron chi connectivity index (χ2n) is 4.47. The number of ether oxygens (including phenoxy) is 1. The van der Waals surface area contributed by atoms with Gasteiger partial charge in [0.05, 0.1) is 23.3 Å². The first-order valence-corrected chi connectivity index (χ1v) is 5.29. The first-order valence-electron chi connectivity index (χ1n) is 4.85. The summed E-state index contributed by atoms with van der Waals surface area (Å²) in [5, 5.41) is 8.54. The molecule has 2 bridgehead atoms. The number of hydrogen-bond donors (Lipinski definition) is 1. The van der Waals surface area contributed by atoms with E-state index < -0.39 is 22.2 Å². The largest absolute Gasteiger partial charge is 0.481 e. The van der Waals surface area contributed by atoms with E-state index in [1.165, 1.54) is 7.11 Å². The van der Waals surface area contributed by atoms with Crippen LogP contribution in [0.3, 0.4) is 0 Å². The van der Waals surface area contributed by atoms with Crippen molar-refractivity contribution < 1.29 is 19.4 Å². The number of rotatable bonds is 2. The van der Waals surface area contributed by atoms with Crippen LogP contribution in [-0.2, 0) is 14.3 Å². The summed E-state index contributed by atoms with van der Waals surface area (Å²) >= 11 is 6.04. The lowest BCUT2D eigenvalue weighted by Gasteiger charge is -2.78. The fourth-order valence-electron chi connectivity index (χ4n) is 3.64. The fraction of sp³-hybridized carbons (Fsp3) is 0.800. The maximum absolute atomic E-state index is 11.7. The van der Waals surface area contributed by atoms with Gasteiger partial charge in [-0.15, -0.1) is 11.6 Å². The lowest BCUT2D eigenvalue weighted by atomic mass is 9.24. The molecule has 3 saturated carbocycles. The standard InChI is InChI=1S/C10H13ClO4/c1-4-9(7(12)13)5(2)10(4,6(9)11)8(14)15-3/h4-6H,1-3H3,(H,12,13). The van der Waals surface area contributed by atoms with E-state index in [-0.39, 0.29) is 17.8 Å². The Morgan fingerprint density at radius 3 is 2.00 bits per heavy atom. The van der Waals surface area contributed by atoms with Gasteiger partial charge in [-0.25, -0.2) is 0 Å². The van der Waals surface area contributed by atoms with Gasteiger partial charge in [0, 0.05) is 0 Å². The minimum atomic E-state index is -0.935. The lowest BCUT2D eigenvalue weighted by Crippen LogP contribution is -2.89. The predicted molar refractivity (Wildman–Crippen MR) is 52.5 cm³/mol. The molecule has 5 heteroatoms. The minimum Gasteiger partial charge on any atom is -0.481 e. The van der Waals surface area contributed by atoms with Crippen molar-refractivity contribution >= 4 is 23.5 Å². The highest BCUT2D eigenvalue weighted by Gasteiger charge is 2.92. The molecule has 3 aliphatic carbocycles. The normalized spacial score (nSPS) is 51.3. The van der Waals surface area contributed by atoms with Crippen LogP contribution >= 0.6 is 11.6 Å². The van der Waals surface area contributed by atoms with Crippen molar-refractivity contribution in [2.24, 2.45) is 22.7 Å². The van der Waals surface area contributed by atoms with Gasteiger partial charge in [-0.05, 0) is 11.8 Å². The molecule has 0 radical (unpaired) electrons. The van der Waals surface area contributed by atoms with E-state index in [0.29, 0.717) is 0 Å². The second-order valence-corrected chi connectivity index (χ2v) is 4.91. The summed E-state index contributed by atoms with van der Waals surface area (Å²) in [5.74, 6) is -1.78. The Balaban J connectivity index is 2.38. The van der Waals surface area contributed by atoms with Crippen molar-refractivity contribution in [3.63, 3.8) is 0 Å². The molecule has 3 aliphatic rings. The van der Waals surface area contributed by atoms with Crippen molar-refractivity contribution in [2.45, 2.75) is 19.2 Å². The van der Waals surface area contributed by atoms with Crippen molar-refractivity contribution in [2.75, 3.05) is 7.11 Å². The molecule has 3 atom stereocenters. The van der Waals surface area contributed by atoms with Crippen molar-refractivity contribution in [3.05, 3.63) is 0 Å². The van der Waals surface area contributed by atoms with Crippen LogP contribution < -0.4 is 0 Å². The predicted octanol–water partition coefficient (Wildman–Crippen LogP) is 1.12. The van der Waals surface area contributed by atoms with E-state index in [9.17, 15) is 14.7 Å². The Morgan fingerprint density at radius 1 is 1.27 bits per heavy atom. The summed E-state index contributed by atoms with van der Waals surface area (Å²) in [6.07, 6.45) is 0. The van der Waals surface area contributed by atoms with Crippen LogP contribution in [0.2, 0.25) is 0 Å². The van der Waals surface area contributed by atoms with Crippen molar-refractivity contribution in [3.8, 4) is 0 Å². The Kier molecular flexibility index (Phi) is 1.91. The Bertz CT molecular complexity index is 322. The van der Waals surface area contributed by atoms with Gasteiger partial charge in [0.2, 0.25) is 0 Å². The molecule has 1 N–H and O–H groups in total. The van der Waals surface area contributed by atoms with Crippen LogP contribution in [0.15, 0.2) is 0 Å². The smallest absolute Gasteiger partial charge is 0.313 e. The van der Waals surface area contributed by atoms with Gasteiger partial charge in [-0.2, -0.15) is 0 Å². The van der Waals surface area contributed by atoms with Crippen molar-refractivity contribution in [1.82, 2.24) is 0 Å². The van der Waals surface area contributed by atoms with Crippen LogP contribution in [0.5, 0.6) is 0 Å². The molecular formula is C10H13ClO4. The molecule has 0 aromatic rings. The number of carbonyl (C=O) groups is 2. The molecule has 0 saturated heterocycles. The van der Waals surface area contributed by atoms with Gasteiger partial charge in [0.15, 0.2) is 0 Å². The van der Waals surface area contributed by atoms with E-state index >= 15 is 0 Å². The van der Waals surface area contributed by atoms with E-state index in [1.807, 2.05) is 0 Å². The van der Waals surface area contributed by atoms with Crippen LogP contribution in [0, 0.1) is 22.7 Å². The average molecular weight is 233 g/mol. The van der Waals surface area contributed by atoms with Gasteiger partial charge in [0.1, 0.15) is 0 Å². The summed E-state index contributed by atoms with van der Waals surface area (Å²) in [5.41, 5.74) is -1.72. The summed E-state index contributed by atoms with van der Waals surface area (Å²) in [4.78, 5) is 22.8. The molecule has 84 valence electrons. The zero-order valence-electron chi connectivity index (χ0n) is 8.78. The lowest BCUT2D eigenvalue weighted by molar-refractivity contribution is -0.303. The number of carbonyl (C=O) groups excluding carboxylic acids is 1. The molecular weight excluding hydrogens is 220 g/mol. The van der Waals surface area contributed by atoms with E-state index in [2.05, 4.69) is 0 Å². The fourth-order valence-corrected chi connectivity index (χ4v) is 4.58. The molecule has 3 rings (SSSR count). The van der Waals surface area contributed by atoms with Gasteiger partial charge in [0.25, 0.3) is 0 Å². The second kappa shape index (κ2) is 2.67. The minimum absolute atomic E-state index is 0.243. The van der Waals surface area contributed by atoms with Gasteiger partial charge >= 0.3 is 11.9 Å². The summed E-state index contributed by atoms with van der Waals surface area (Å²) in [7, 11) is 1.30. The maximum atomic E-state index is 11.7. The Morgan fingerprint density at radius 2 is 1.73 bits per heavy atom. The number of halogens is 1. The first-order chi connectivity index (χ1) is 6.89. The van der Waals surface area contributed by atoms with E-state index in [0.717, 1.165) is 0 Å². The number of methoxy groups -OCH3 is 1. The Hall–Kier alpha value is -0.770. The molecule has 0 aromatic carbocycles. The first kappa shape index (κ1) is 10.7. The summed E-state index contributed by atoms with van der Waals surface area (Å²) in [6, 6.07) is 0. The van der Waals surface area contributed by atoms with Gasteiger partial charge < -0.3 is 9.84 Å². The molecule has 0 aliphatic heterocycles. The van der Waals surface area contributed by atoms with E-state index in [4.69, 9.17) is 16.3 Å². The van der Waals surface area contributed by atoms with Crippen LogP contribution in [0.1, 0.15) is 13.8 Å². The quantitative estimate of drug-likeness (QED) is 0.573. The highest BCUT2D eigenvalue weighted by molar-refractivity contribution is 6.28. The van der Waals surface area contributed by atoms with Crippen LogP contribution in [0.25, 0.3) is 0 Å². The van der Waals surface area contributed by atoms with E-state index in [1.54, 1.807) is 13.8 Å². The molecule has 15 heavy (non-hydrogen) atoms. The Labute approximate surface area is 92.5 Å². The number of hydrogen-bond acceptors (Lipinski definition) is 3.